The van der Waals surface area contributed by atoms with Crippen LogP contribution < -0.4 is 10.4 Å². The van der Waals surface area contributed by atoms with Gasteiger partial charge in [-0.2, -0.15) is 0 Å². The van der Waals surface area contributed by atoms with Crippen LogP contribution >= 0.6 is 0 Å². The van der Waals surface area contributed by atoms with Gasteiger partial charge in [-0.25, -0.2) is 0 Å². The van der Waals surface area contributed by atoms with Gasteiger partial charge in [0.25, 0.3) is 0 Å². The van der Waals surface area contributed by atoms with Crippen LogP contribution in [0.3, 0.4) is 0 Å². The number of carboxylic acids is 1. The first kappa shape index (κ1) is 13.1. The Morgan fingerprint density at radius 2 is 1.86 bits per heavy atom. The number of rotatable bonds is 2. The summed E-state index contributed by atoms with van der Waals surface area (Å²) in [6, 6.07) is 15.7. The topological polar surface area (TPSA) is 52.2 Å². The zero-order valence-electron chi connectivity index (χ0n) is 12.0. The molecule has 4 rings (SSSR count). The molecule has 1 heterocycles. The van der Waals surface area contributed by atoms with E-state index in [9.17, 15) is 9.90 Å². The lowest BCUT2D eigenvalue weighted by Gasteiger charge is -2.37. The lowest BCUT2D eigenvalue weighted by atomic mass is 9.77. The minimum absolute atomic E-state index is 0.200. The molecule has 0 amide bonds. The molecule has 0 saturated heterocycles. The molecule has 3 heteroatoms. The fraction of sp³-hybridized carbons (Fsp3) is 0.211. The zero-order chi connectivity index (χ0) is 15.1. The van der Waals surface area contributed by atoms with Crippen LogP contribution in [0.1, 0.15) is 39.9 Å². The normalized spacial score (nSPS) is 25.2. The van der Waals surface area contributed by atoms with E-state index in [1.165, 1.54) is 11.3 Å². The van der Waals surface area contributed by atoms with Crippen LogP contribution in [0.2, 0.25) is 0 Å². The molecule has 0 radical (unpaired) electrons. The largest absolute Gasteiger partial charge is 0.545 e. The Labute approximate surface area is 129 Å². The number of carbonyl (C=O) groups is 1. The maximum Gasteiger partial charge on any atom is 0.0715 e. The monoisotopic (exact) mass is 290 g/mol. The second-order valence-corrected chi connectivity index (χ2v) is 5.97. The number of para-hydroxylation sites is 1. The molecule has 0 spiro atoms. The van der Waals surface area contributed by atoms with Crippen molar-refractivity contribution < 1.29 is 9.90 Å². The van der Waals surface area contributed by atoms with Gasteiger partial charge in [0.15, 0.2) is 0 Å². The number of hydrogen-bond acceptors (Lipinski definition) is 3. The van der Waals surface area contributed by atoms with E-state index in [1.54, 1.807) is 12.1 Å². The van der Waals surface area contributed by atoms with Gasteiger partial charge in [-0.15, -0.1) is 0 Å². The van der Waals surface area contributed by atoms with Gasteiger partial charge in [-0.05, 0) is 35.1 Å². The summed E-state index contributed by atoms with van der Waals surface area (Å²) in [7, 11) is 0. The minimum atomic E-state index is -1.13. The Kier molecular flexibility index (Phi) is 3.00. The van der Waals surface area contributed by atoms with Crippen LogP contribution in [0.25, 0.3) is 0 Å². The van der Waals surface area contributed by atoms with Crippen molar-refractivity contribution in [3.05, 3.63) is 77.4 Å². The molecular weight excluding hydrogens is 274 g/mol. The zero-order valence-corrected chi connectivity index (χ0v) is 12.0. The first-order valence-electron chi connectivity index (χ1n) is 7.57. The molecule has 2 aromatic carbocycles. The lowest BCUT2D eigenvalue weighted by Crippen LogP contribution is -2.29. The smallest absolute Gasteiger partial charge is 0.0715 e. The molecule has 2 aliphatic rings. The maximum absolute atomic E-state index is 10.9. The van der Waals surface area contributed by atoms with Crippen molar-refractivity contribution >= 4 is 11.7 Å². The molecule has 0 fully saturated rings. The number of benzene rings is 2. The van der Waals surface area contributed by atoms with Gasteiger partial charge in [-0.1, -0.05) is 54.6 Å². The number of hydrogen-bond donors (Lipinski definition) is 1. The van der Waals surface area contributed by atoms with Crippen molar-refractivity contribution in [1.82, 2.24) is 0 Å². The summed E-state index contributed by atoms with van der Waals surface area (Å²) in [4.78, 5) is 10.9. The molecule has 3 nitrogen and oxygen atoms in total. The third-order valence-corrected chi connectivity index (χ3v) is 4.78. The summed E-state index contributed by atoms with van der Waals surface area (Å²) in [5.74, 6) is -0.221. The highest BCUT2D eigenvalue weighted by Crippen LogP contribution is 2.49. The number of nitrogens with one attached hydrogen (secondary N) is 1. The van der Waals surface area contributed by atoms with E-state index >= 15 is 0 Å². The number of carboxylic acid groups (broad SMARTS) is 1. The SMILES string of the molecule is O=C([O-])c1ccc([C@@H]2Nc3ccccc3[C@@H]3C=CC[C@@H]32)cc1. The Bertz CT molecular complexity index is 748. The number of allylic oxidation sites excluding steroid dienone is 2. The third kappa shape index (κ3) is 2.01. The molecule has 0 saturated carbocycles. The first-order chi connectivity index (χ1) is 10.7. The number of aromatic carboxylic acids is 1. The lowest BCUT2D eigenvalue weighted by molar-refractivity contribution is -0.255. The maximum atomic E-state index is 10.9. The van der Waals surface area contributed by atoms with Crippen molar-refractivity contribution in [2.45, 2.75) is 18.4 Å². The van der Waals surface area contributed by atoms with Crippen LogP contribution in [-0.2, 0) is 0 Å². The highest BCUT2D eigenvalue weighted by molar-refractivity contribution is 5.85. The second-order valence-electron chi connectivity index (χ2n) is 5.97. The molecule has 2 aromatic rings. The van der Waals surface area contributed by atoms with Gasteiger partial charge in [-0.3, -0.25) is 0 Å². The van der Waals surface area contributed by atoms with Crippen LogP contribution in [0.15, 0.2) is 60.7 Å². The molecule has 1 aliphatic carbocycles. The van der Waals surface area contributed by atoms with Gasteiger partial charge >= 0.3 is 0 Å². The number of fused-ring (bicyclic) bond motifs is 3. The van der Waals surface area contributed by atoms with E-state index < -0.39 is 5.97 Å². The van der Waals surface area contributed by atoms with Gasteiger partial charge in [0, 0.05) is 11.6 Å². The van der Waals surface area contributed by atoms with Gasteiger partial charge in [0.1, 0.15) is 0 Å². The summed E-state index contributed by atoms with van der Waals surface area (Å²) in [5.41, 5.74) is 3.87. The number of carbonyl (C=O) groups excluding carboxylic acids is 1. The van der Waals surface area contributed by atoms with Gasteiger partial charge in [0.2, 0.25) is 0 Å². The standard InChI is InChI=1S/C19H17NO2/c21-19(22)13-10-8-12(9-11-13)18-16-6-3-5-14(16)15-4-1-2-7-17(15)20-18/h1-5,7-11,14,16,18,20H,6H2,(H,21,22)/p-1/t14-,16-,18-/m0/s1. The molecule has 0 bridgehead atoms. The predicted molar refractivity (Wildman–Crippen MR) is 83.6 cm³/mol. The van der Waals surface area contributed by atoms with Gasteiger partial charge in [0.05, 0.1) is 12.0 Å². The molecule has 22 heavy (non-hydrogen) atoms. The van der Waals surface area contributed by atoms with Crippen LogP contribution in [0.4, 0.5) is 5.69 Å². The van der Waals surface area contributed by atoms with Gasteiger partial charge < -0.3 is 15.2 Å². The molecule has 0 unspecified atom stereocenters. The minimum Gasteiger partial charge on any atom is -0.545 e. The van der Waals surface area contributed by atoms with E-state index in [-0.39, 0.29) is 11.6 Å². The Balaban J connectivity index is 1.72. The molecule has 1 N–H and O–H groups in total. The molecule has 1 aliphatic heterocycles. The molecular formula is C19H16NO2-. The van der Waals surface area contributed by atoms with Crippen LogP contribution in [-0.4, -0.2) is 5.97 Å². The van der Waals surface area contributed by atoms with Crippen molar-refractivity contribution in [3.63, 3.8) is 0 Å². The first-order valence-corrected chi connectivity index (χ1v) is 7.57. The van der Waals surface area contributed by atoms with E-state index in [0.29, 0.717) is 11.8 Å². The molecule has 0 aromatic heterocycles. The van der Waals surface area contributed by atoms with Crippen molar-refractivity contribution in [3.8, 4) is 0 Å². The fourth-order valence-corrected chi connectivity index (χ4v) is 3.70. The third-order valence-electron chi connectivity index (χ3n) is 4.78. The van der Waals surface area contributed by atoms with E-state index in [4.69, 9.17) is 0 Å². The Hall–Kier alpha value is -2.55. The van der Waals surface area contributed by atoms with Crippen LogP contribution in [0.5, 0.6) is 0 Å². The van der Waals surface area contributed by atoms with E-state index in [2.05, 4.69) is 35.7 Å². The average molecular weight is 290 g/mol. The highest BCUT2D eigenvalue weighted by atomic mass is 16.4. The highest BCUT2D eigenvalue weighted by Gasteiger charge is 2.37. The fourth-order valence-electron chi connectivity index (χ4n) is 3.70. The quantitative estimate of drug-likeness (QED) is 0.865. The predicted octanol–water partition coefficient (Wildman–Crippen LogP) is 2.88. The Morgan fingerprint density at radius 3 is 2.64 bits per heavy atom. The van der Waals surface area contributed by atoms with Crippen molar-refractivity contribution in [2.75, 3.05) is 5.32 Å². The summed E-state index contributed by atoms with van der Waals surface area (Å²) < 4.78 is 0. The van der Waals surface area contributed by atoms with E-state index in [0.717, 1.165) is 12.0 Å². The molecule has 110 valence electrons. The van der Waals surface area contributed by atoms with E-state index in [1.807, 2.05) is 18.2 Å². The van der Waals surface area contributed by atoms with Crippen molar-refractivity contribution in [1.29, 1.82) is 0 Å². The average Bonchev–Trinajstić information content (AvgIpc) is 3.04. The summed E-state index contributed by atoms with van der Waals surface area (Å²) >= 11 is 0. The van der Waals surface area contributed by atoms with Crippen molar-refractivity contribution in [2.24, 2.45) is 5.92 Å². The summed E-state index contributed by atoms with van der Waals surface area (Å²) in [5, 5.41) is 14.5. The molecule has 3 atom stereocenters. The summed E-state index contributed by atoms with van der Waals surface area (Å²) in [6.45, 7) is 0. The Morgan fingerprint density at radius 1 is 1.09 bits per heavy atom. The summed E-state index contributed by atoms with van der Waals surface area (Å²) in [6.07, 6.45) is 5.59. The van der Waals surface area contributed by atoms with Crippen LogP contribution in [0, 0.1) is 5.92 Å². The number of anilines is 1. The second kappa shape index (κ2) is 5.02.